The van der Waals surface area contributed by atoms with Gasteiger partial charge in [-0.15, -0.1) is 0 Å². The Hall–Kier alpha value is -1.35. The number of likely N-dealkylation sites (N-methyl/N-ethyl adjacent to an activating group) is 1. The third kappa shape index (κ3) is 4.57. The highest BCUT2D eigenvalue weighted by Crippen LogP contribution is 2.10. The van der Waals surface area contributed by atoms with E-state index in [1.165, 1.54) is 12.8 Å². The fourth-order valence-corrected chi connectivity index (χ4v) is 1.80. The number of carboxylic acid groups (broad SMARTS) is 1. The molecule has 0 aliphatic carbocycles. The van der Waals surface area contributed by atoms with E-state index in [2.05, 4.69) is 18.9 Å². The Bertz CT molecular complexity index is 363. The van der Waals surface area contributed by atoms with Crippen LogP contribution in [0.5, 0.6) is 0 Å². The van der Waals surface area contributed by atoms with Crippen molar-refractivity contribution < 1.29 is 9.90 Å². The summed E-state index contributed by atoms with van der Waals surface area (Å²) in [4.78, 5) is 13.3. The van der Waals surface area contributed by atoms with Gasteiger partial charge in [0.25, 0.3) is 0 Å². The minimum Gasteiger partial charge on any atom is -0.478 e. The van der Waals surface area contributed by atoms with Gasteiger partial charge in [0, 0.05) is 6.54 Å². The second-order valence-corrected chi connectivity index (χ2v) is 4.37. The van der Waals surface area contributed by atoms with E-state index in [4.69, 9.17) is 5.11 Å². The topological polar surface area (TPSA) is 40.5 Å². The first kappa shape index (κ1) is 13.7. The zero-order valence-electron chi connectivity index (χ0n) is 10.6. The first-order chi connectivity index (χ1) is 8.15. The molecule has 1 N–H and O–H groups in total. The lowest BCUT2D eigenvalue weighted by Crippen LogP contribution is -2.22. The molecule has 1 aromatic rings. The van der Waals surface area contributed by atoms with E-state index in [9.17, 15) is 4.79 Å². The molecule has 1 rings (SSSR count). The highest BCUT2D eigenvalue weighted by atomic mass is 16.4. The molecule has 0 amide bonds. The molecule has 94 valence electrons. The molecule has 0 saturated carbocycles. The van der Waals surface area contributed by atoms with Crippen LogP contribution in [0.2, 0.25) is 0 Å². The van der Waals surface area contributed by atoms with Gasteiger partial charge in [-0.25, -0.2) is 4.79 Å². The molecule has 0 saturated heterocycles. The van der Waals surface area contributed by atoms with Gasteiger partial charge in [0.2, 0.25) is 0 Å². The fraction of sp³-hybridized carbons (Fsp3) is 0.500. The van der Waals surface area contributed by atoms with Gasteiger partial charge >= 0.3 is 5.97 Å². The van der Waals surface area contributed by atoms with E-state index in [-0.39, 0.29) is 0 Å². The molecule has 0 fully saturated rings. The van der Waals surface area contributed by atoms with Crippen LogP contribution in [0.4, 0.5) is 0 Å². The van der Waals surface area contributed by atoms with Gasteiger partial charge in [-0.1, -0.05) is 31.5 Å². The van der Waals surface area contributed by atoms with Crippen LogP contribution in [0.1, 0.15) is 35.7 Å². The number of benzene rings is 1. The monoisotopic (exact) mass is 235 g/mol. The first-order valence-corrected chi connectivity index (χ1v) is 6.15. The van der Waals surface area contributed by atoms with Crippen LogP contribution >= 0.6 is 0 Å². The predicted molar refractivity (Wildman–Crippen MR) is 69.5 cm³/mol. The first-order valence-electron chi connectivity index (χ1n) is 6.15. The van der Waals surface area contributed by atoms with Crippen molar-refractivity contribution in [3.8, 4) is 0 Å². The smallest absolute Gasteiger partial charge is 0.335 e. The summed E-state index contributed by atoms with van der Waals surface area (Å²) in [7, 11) is 2.08. The van der Waals surface area contributed by atoms with Gasteiger partial charge in [0.1, 0.15) is 0 Å². The van der Waals surface area contributed by atoms with Crippen molar-refractivity contribution in [3.05, 3.63) is 35.4 Å². The van der Waals surface area contributed by atoms with Gasteiger partial charge < -0.3 is 10.0 Å². The van der Waals surface area contributed by atoms with Crippen molar-refractivity contribution in [2.75, 3.05) is 20.1 Å². The molecule has 0 radical (unpaired) electrons. The van der Waals surface area contributed by atoms with Crippen LogP contribution in [-0.2, 0) is 6.42 Å². The molecule has 0 aliphatic heterocycles. The van der Waals surface area contributed by atoms with Crippen LogP contribution < -0.4 is 0 Å². The minimum absolute atomic E-state index is 0.427. The summed E-state index contributed by atoms with van der Waals surface area (Å²) in [6.07, 6.45) is 3.18. The highest BCUT2D eigenvalue weighted by molar-refractivity contribution is 5.89. The molecule has 0 bridgehead atoms. The van der Waals surface area contributed by atoms with Crippen molar-refractivity contribution in [3.63, 3.8) is 0 Å². The van der Waals surface area contributed by atoms with E-state index < -0.39 is 5.97 Å². The van der Waals surface area contributed by atoms with Crippen molar-refractivity contribution in [1.29, 1.82) is 0 Å². The minimum atomic E-state index is -0.836. The van der Waals surface area contributed by atoms with E-state index in [1.807, 2.05) is 12.1 Å². The maximum absolute atomic E-state index is 11.0. The van der Waals surface area contributed by atoms with Gasteiger partial charge in [-0.3, -0.25) is 0 Å². The number of aromatic carboxylic acids is 1. The van der Waals surface area contributed by atoms with E-state index in [1.54, 1.807) is 12.1 Å². The molecular formula is C14H21NO2. The van der Waals surface area contributed by atoms with Gasteiger partial charge in [0.15, 0.2) is 0 Å². The Labute approximate surface area is 103 Å². The highest BCUT2D eigenvalue weighted by Gasteiger charge is 2.09. The molecule has 0 unspecified atom stereocenters. The summed E-state index contributed by atoms with van der Waals surface area (Å²) in [5, 5.41) is 9.06. The van der Waals surface area contributed by atoms with Crippen LogP contribution in [0, 0.1) is 0 Å². The van der Waals surface area contributed by atoms with Gasteiger partial charge in [-0.2, -0.15) is 0 Å². The predicted octanol–water partition coefficient (Wildman–Crippen LogP) is 2.66. The zero-order chi connectivity index (χ0) is 12.7. The van der Waals surface area contributed by atoms with Crippen LogP contribution in [0.25, 0.3) is 0 Å². The third-order valence-corrected chi connectivity index (χ3v) is 2.90. The quantitative estimate of drug-likeness (QED) is 0.790. The van der Waals surface area contributed by atoms with Gasteiger partial charge in [-0.05, 0) is 38.1 Å². The Morgan fingerprint density at radius 1 is 1.29 bits per heavy atom. The van der Waals surface area contributed by atoms with Crippen LogP contribution in [-0.4, -0.2) is 36.1 Å². The summed E-state index contributed by atoms with van der Waals surface area (Å²) < 4.78 is 0. The molecule has 0 heterocycles. The second-order valence-electron chi connectivity index (χ2n) is 4.37. The molecule has 0 aromatic heterocycles. The summed E-state index contributed by atoms with van der Waals surface area (Å²) in [5.41, 5.74) is 1.35. The van der Waals surface area contributed by atoms with E-state index in [0.717, 1.165) is 25.1 Å². The largest absolute Gasteiger partial charge is 0.478 e. The summed E-state index contributed by atoms with van der Waals surface area (Å²) >= 11 is 0. The van der Waals surface area contributed by atoms with Crippen molar-refractivity contribution >= 4 is 5.97 Å². The van der Waals surface area contributed by atoms with Crippen molar-refractivity contribution in [2.24, 2.45) is 0 Å². The molecule has 3 nitrogen and oxygen atoms in total. The molecule has 0 aliphatic rings. The maximum atomic E-state index is 11.0. The lowest BCUT2D eigenvalue weighted by molar-refractivity contribution is 0.0695. The lowest BCUT2D eigenvalue weighted by atomic mass is 10.0. The maximum Gasteiger partial charge on any atom is 0.335 e. The Morgan fingerprint density at radius 2 is 2.00 bits per heavy atom. The second kappa shape index (κ2) is 7.07. The summed E-state index contributed by atoms with van der Waals surface area (Å²) in [5.74, 6) is -0.836. The molecular weight excluding hydrogens is 214 g/mol. The number of hydrogen-bond donors (Lipinski definition) is 1. The molecule has 0 atom stereocenters. The van der Waals surface area contributed by atoms with Crippen molar-refractivity contribution in [1.82, 2.24) is 4.90 Å². The molecule has 3 heteroatoms. The van der Waals surface area contributed by atoms with Gasteiger partial charge in [0.05, 0.1) is 5.56 Å². The number of carbonyl (C=O) groups is 1. The molecule has 1 aromatic carbocycles. The number of nitrogens with zero attached hydrogens (tertiary/aromatic N) is 1. The number of carboxylic acids is 1. The van der Waals surface area contributed by atoms with E-state index in [0.29, 0.717) is 5.56 Å². The Kier molecular flexibility index (Phi) is 5.70. The molecule has 0 spiro atoms. The number of unbranched alkanes of at least 4 members (excludes halogenated alkanes) is 1. The lowest BCUT2D eigenvalue weighted by Gasteiger charge is -2.16. The SMILES string of the molecule is CCCCN(C)CCc1ccccc1C(=O)O. The number of hydrogen-bond acceptors (Lipinski definition) is 2. The summed E-state index contributed by atoms with van der Waals surface area (Å²) in [6, 6.07) is 7.24. The summed E-state index contributed by atoms with van der Waals surface area (Å²) in [6.45, 7) is 4.16. The van der Waals surface area contributed by atoms with Crippen LogP contribution in [0.15, 0.2) is 24.3 Å². The third-order valence-electron chi connectivity index (χ3n) is 2.90. The zero-order valence-corrected chi connectivity index (χ0v) is 10.6. The van der Waals surface area contributed by atoms with Crippen molar-refractivity contribution in [2.45, 2.75) is 26.2 Å². The Balaban J connectivity index is 2.54. The average molecular weight is 235 g/mol. The average Bonchev–Trinajstić information content (AvgIpc) is 2.34. The molecule has 17 heavy (non-hydrogen) atoms. The normalized spacial score (nSPS) is 10.8. The number of rotatable bonds is 7. The Morgan fingerprint density at radius 3 is 2.65 bits per heavy atom. The standard InChI is InChI=1S/C14H21NO2/c1-3-4-10-15(2)11-9-12-7-5-6-8-13(12)14(16)17/h5-8H,3-4,9-11H2,1-2H3,(H,16,17). The van der Waals surface area contributed by atoms with Crippen LogP contribution in [0.3, 0.4) is 0 Å². The fourth-order valence-electron chi connectivity index (χ4n) is 1.80. The van der Waals surface area contributed by atoms with E-state index >= 15 is 0 Å².